The number of rotatable bonds is 5. The normalized spacial score (nSPS) is 21.8. The van der Waals surface area contributed by atoms with Crippen LogP contribution < -0.4 is 5.32 Å². The topological polar surface area (TPSA) is 87.0 Å². The number of carbonyl (C=O) groups is 3. The molecule has 3 heterocycles. The van der Waals surface area contributed by atoms with Crippen LogP contribution in [0.15, 0.2) is 42.6 Å². The first-order valence-corrected chi connectivity index (χ1v) is 11.5. The lowest BCUT2D eigenvalue weighted by atomic mass is 9.80. The number of likely N-dealkylation sites (N-methyl/N-ethyl adjacent to an activating group) is 1. The molecular weight excluding hydrogens is 454 g/mol. The van der Waals surface area contributed by atoms with Crippen LogP contribution in [-0.4, -0.2) is 58.3 Å². The van der Waals surface area contributed by atoms with E-state index in [1.807, 2.05) is 38.1 Å². The van der Waals surface area contributed by atoms with Crippen LogP contribution in [0.3, 0.4) is 0 Å². The van der Waals surface area contributed by atoms with E-state index in [0.29, 0.717) is 12.1 Å². The molecule has 4 rings (SSSR count). The quantitative estimate of drug-likeness (QED) is 0.664. The van der Waals surface area contributed by atoms with Crippen LogP contribution in [0.1, 0.15) is 42.7 Å². The lowest BCUT2D eigenvalue weighted by Crippen LogP contribution is -2.51. The van der Waals surface area contributed by atoms with Gasteiger partial charge in [-0.2, -0.15) is 0 Å². The van der Waals surface area contributed by atoms with Crippen molar-refractivity contribution in [2.45, 2.75) is 44.3 Å². The molecule has 0 bridgehead atoms. The van der Waals surface area contributed by atoms with E-state index in [0.717, 1.165) is 5.56 Å². The minimum Gasteiger partial charge on any atom is -0.328 e. The highest BCUT2D eigenvalue weighted by Crippen LogP contribution is 2.47. The van der Waals surface area contributed by atoms with Gasteiger partial charge in [-0.3, -0.25) is 24.1 Å². The molecule has 0 saturated carbocycles. The summed E-state index contributed by atoms with van der Waals surface area (Å²) in [5.74, 6) is -0.932. The van der Waals surface area contributed by atoms with Gasteiger partial charge in [-0.05, 0) is 36.1 Å². The minimum absolute atomic E-state index is 0.0666. The number of carbonyl (C=O) groups excluding carboxylic acids is 3. The number of nitrogens with one attached hydrogen (secondary N) is 1. The highest BCUT2D eigenvalue weighted by atomic mass is 35.5. The van der Waals surface area contributed by atoms with Gasteiger partial charge in [0, 0.05) is 25.5 Å². The van der Waals surface area contributed by atoms with E-state index in [4.69, 9.17) is 18.2 Å². The number of hydrogen-bond donors (Lipinski definition) is 1. The van der Waals surface area contributed by atoms with Crippen molar-refractivity contribution in [1.82, 2.24) is 14.8 Å². The van der Waals surface area contributed by atoms with Gasteiger partial charge in [0.05, 0.1) is 11.4 Å². The standard InChI is InChI=1S/C25H26ClN5O3/c1-15(2)12-19(30(4)23(33)21-17(26)9-7-11-28-21)22(32)31-14-25(13-20(31)27-3)16-8-5-6-10-18(16)29-24(25)34/h5-11,15,19-20H,12-14H2,1-2,4H3,(H,29,34)/t19-,20-,25-/m0/s1. The highest BCUT2D eigenvalue weighted by molar-refractivity contribution is 6.33. The summed E-state index contributed by atoms with van der Waals surface area (Å²) in [6.45, 7) is 11.8. The average molecular weight is 480 g/mol. The number of nitrogens with zero attached hydrogens (tertiary/aromatic N) is 4. The number of benzene rings is 1. The Balaban J connectivity index is 1.67. The van der Waals surface area contributed by atoms with E-state index < -0.39 is 23.5 Å². The first-order chi connectivity index (χ1) is 16.2. The van der Waals surface area contributed by atoms with E-state index in [1.165, 1.54) is 16.0 Å². The second-order valence-corrected chi connectivity index (χ2v) is 9.66. The van der Waals surface area contributed by atoms with E-state index in [2.05, 4.69) is 15.1 Å². The van der Waals surface area contributed by atoms with Crippen LogP contribution in [0.5, 0.6) is 0 Å². The van der Waals surface area contributed by atoms with Crippen LogP contribution >= 0.6 is 11.6 Å². The van der Waals surface area contributed by atoms with Crippen LogP contribution in [0.25, 0.3) is 4.85 Å². The van der Waals surface area contributed by atoms with E-state index in [1.54, 1.807) is 19.2 Å². The number of likely N-dealkylation sites (tertiary alicyclic amines) is 1. The van der Waals surface area contributed by atoms with Gasteiger partial charge in [-0.1, -0.05) is 43.6 Å². The Morgan fingerprint density at radius 3 is 2.74 bits per heavy atom. The highest BCUT2D eigenvalue weighted by Gasteiger charge is 2.59. The molecule has 2 aliphatic rings. The van der Waals surface area contributed by atoms with Gasteiger partial charge in [-0.25, -0.2) is 11.6 Å². The third kappa shape index (κ3) is 3.90. The lowest BCUT2D eigenvalue weighted by molar-refractivity contribution is -0.136. The fourth-order valence-electron chi connectivity index (χ4n) is 4.87. The predicted octanol–water partition coefficient (Wildman–Crippen LogP) is 3.59. The molecule has 3 atom stereocenters. The first-order valence-electron chi connectivity index (χ1n) is 11.1. The SMILES string of the molecule is [C-]#[N+][C@@H]1C[C@@]2(CN1C(=O)[C@H](CC(C)C)N(C)C(=O)c1ncccc1Cl)C(=O)Nc1ccccc12. The second-order valence-electron chi connectivity index (χ2n) is 9.26. The number of hydrogen-bond acceptors (Lipinski definition) is 4. The molecule has 1 aromatic heterocycles. The van der Waals surface area contributed by atoms with Gasteiger partial charge in [0.15, 0.2) is 0 Å². The molecule has 0 unspecified atom stereocenters. The minimum atomic E-state index is -0.975. The molecule has 1 saturated heterocycles. The van der Waals surface area contributed by atoms with Crippen molar-refractivity contribution in [2.24, 2.45) is 5.92 Å². The van der Waals surface area contributed by atoms with Gasteiger partial charge in [0.2, 0.25) is 5.91 Å². The van der Waals surface area contributed by atoms with Crippen molar-refractivity contribution in [3.63, 3.8) is 0 Å². The Morgan fingerprint density at radius 2 is 2.06 bits per heavy atom. The van der Waals surface area contributed by atoms with Crippen LogP contribution in [-0.2, 0) is 15.0 Å². The Bertz CT molecular complexity index is 1190. The van der Waals surface area contributed by atoms with E-state index in [9.17, 15) is 14.4 Å². The molecule has 1 aromatic carbocycles. The Hall–Kier alpha value is -3.44. The van der Waals surface area contributed by atoms with Crippen molar-refractivity contribution in [3.05, 3.63) is 70.3 Å². The van der Waals surface area contributed by atoms with E-state index >= 15 is 0 Å². The summed E-state index contributed by atoms with van der Waals surface area (Å²) in [5.41, 5.74) is 0.601. The molecular formula is C25H26ClN5O3. The third-order valence-corrected chi connectivity index (χ3v) is 6.92. The fourth-order valence-corrected chi connectivity index (χ4v) is 5.07. The number of halogens is 1. The number of amides is 3. The number of anilines is 1. The molecule has 0 radical (unpaired) electrons. The third-order valence-electron chi connectivity index (χ3n) is 6.62. The van der Waals surface area contributed by atoms with E-state index in [-0.39, 0.29) is 41.4 Å². The zero-order valence-electron chi connectivity index (χ0n) is 19.3. The molecule has 3 amide bonds. The van der Waals surface area contributed by atoms with Gasteiger partial charge < -0.3 is 10.2 Å². The zero-order chi connectivity index (χ0) is 24.6. The molecule has 1 N–H and O–H groups in total. The smallest absolute Gasteiger partial charge is 0.302 e. The maximum atomic E-state index is 13.9. The lowest BCUT2D eigenvalue weighted by Gasteiger charge is -2.32. The fraction of sp³-hybridized carbons (Fsp3) is 0.400. The van der Waals surface area contributed by atoms with Gasteiger partial charge in [0.1, 0.15) is 17.2 Å². The van der Waals surface area contributed by atoms with Gasteiger partial charge in [-0.15, -0.1) is 0 Å². The molecule has 2 aromatic rings. The molecule has 176 valence electrons. The average Bonchev–Trinajstić information content (AvgIpc) is 3.35. The van der Waals surface area contributed by atoms with Gasteiger partial charge >= 0.3 is 6.17 Å². The number of aromatic nitrogens is 1. The molecule has 1 fully saturated rings. The summed E-state index contributed by atoms with van der Waals surface area (Å²) in [6.07, 6.45) is 1.27. The largest absolute Gasteiger partial charge is 0.328 e. The van der Waals surface area contributed by atoms with Crippen LogP contribution in [0, 0.1) is 12.5 Å². The van der Waals surface area contributed by atoms with Crippen molar-refractivity contribution in [3.8, 4) is 0 Å². The van der Waals surface area contributed by atoms with Crippen LogP contribution in [0.4, 0.5) is 5.69 Å². The maximum absolute atomic E-state index is 13.9. The Labute approximate surface area is 203 Å². The molecule has 8 nitrogen and oxygen atoms in total. The Kier molecular flexibility index (Phi) is 6.32. The molecule has 2 aliphatic heterocycles. The van der Waals surface area contributed by atoms with Crippen molar-refractivity contribution < 1.29 is 14.4 Å². The van der Waals surface area contributed by atoms with Gasteiger partial charge in [0.25, 0.3) is 11.8 Å². The van der Waals surface area contributed by atoms with Crippen LogP contribution in [0.2, 0.25) is 5.02 Å². The summed E-state index contributed by atoms with van der Waals surface area (Å²) < 4.78 is 0. The summed E-state index contributed by atoms with van der Waals surface area (Å²) >= 11 is 6.18. The molecule has 1 spiro atoms. The first kappa shape index (κ1) is 23.7. The monoisotopic (exact) mass is 479 g/mol. The summed E-state index contributed by atoms with van der Waals surface area (Å²) in [4.78, 5) is 50.7. The number of para-hydroxylation sites is 1. The van der Waals surface area contributed by atoms with Crippen molar-refractivity contribution in [2.75, 3.05) is 18.9 Å². The second kappa shape index (κ2) is 9.07. The molecule has 9 heteroatoms. The zero-order valence-corrected chi connectivity index (χ0v) is 20.0. The number of fused-ring (bicyclic) bond motifs is 2. The summed E-state index contributed by atoms with van der Waals surface area (Å²) in [6, 6.07) is 9.75. The molecule has 34 heavy (non-hydrogen) atoms. The summed E-state index contributed by atoms with van der Waals surface area (Å²) in [7, 11) is 1.55. The predicted molar refractivity (Wildman–Crippen MR) is 128 cm³/mol. The Morgan fingerprint density at radius 1 is 1.32 bits per heavy atom. The summed E-state index contributed by atoms with van der Waals surface area (Å²) in [5, 5.41) is 3.10. The van der Waals surface area contributed by atoms with Crippen molar-refractivity contribution >= 4 is 35.0 Å². The maximum Gasteiger partial charge on any atom is 0.302 e. The number of pyridine rings is 1. The van der Waals surface area contributed by atoms with Crippen molar-refractivity contribution in [1.29, 1.82) is 0 Å². The molecule has 0 aliphatic carbocycles.